The third kappa shape index (κ3) is 2.52. The molecular formula is C13H22N4S. The second-order valence-corrected chi connectivity index (χ2v) is 5.69. The van der Waals surface area contributed by atoms with Gasteiger partial charge in [0, 0.05) is 31.2 Å². The van der Waals surface area contributed by atoms with Gasteiger partial charge in [-0.3, -0.25) is 4.40 Å². The Balaban J connectivity index is 2.32. The number of aromatic nitrogens is 2. The van der Waals surface area contributed by atoms with Crippen LogP contribution >= 0.6 is 11.3 Å². The minimum atomic E-state index is 0.458. The summed E-state index contributed by atoms with van der Waals surface area (Å²) in [6.45, 7) is 8.48. The summed E-state index contributed by atoms with van der Waals surface area (Å²) in [5, 5.41) is 5.56. The molecule has 0 atom stereocenters. The SMILES string of the molecule is CCCNCc1c(N(C)C(C)C)nc2sccn12. The van der Waals surface area contributed by atoms with Crippen molar-refractivity contribution in [1.82, 2.24) is 14.7 Å². The van der Waals surface area contributed by atoms with Crippen LogP contribution in [0.1, 0.15) is 32.9 Å². The van der Waals surface area contributed by atoms with Crippen molar-refractivity contribution < 1.29 is 0 Å². The summed E-state index contributed by atoms with van der Waals surface area (Å²) in [7, 11) is 2.11. The predicted molar refractivity (Wildman–Crippen MR) is 78.6 cm³/mol. The number of rotatable bonds is 6. The normalized spacial score (nSPS) is 11.6. The maximum atomic E-state index is 4.74. The Morgan fingerprint density at radius 2 is 2.28 bits per heavy atom. The Labute approximate surface area is 113 Å². The van der Waals surface area contributed by atoms with Crippen molar-refractivity contribution in [2.24, 2.45) is 0 Å². The van der Waals surface area contributed by atoms with E-state index in [1.54, 1.807) is 11.3 Å². The molecule has 0 unspecified atom stereocenters. The lowest BCUT2D eigenvalue weighted by molar-refractivity contribution is 0.654. The number of thiazole rings is 1. The number of hydrogen-bond acceptors (Lipinski definition) is 4. The maximum Gasteiger partial charge on any atom is 0.195 e. The van der Waals surface area contributed by atoms with Crippen LogP contribution < -0.4 is 10.2 Å². The minimum Gasteiger partial charge on any atom is -0.356 e. The number of anilines is 1. The van der Waals surface area contributed by atoms with Crippen LogP contribution in [0.2, 0.25) is 0 Å². The van der Waals surface area contributed by atoms with Gasteiger partial charge in [0.2, 0.25) is 0 Å². The first-order valence-electron chi connectivity index (χ1n) is 6.53. The average Bonchev–Trinajstić information content (AvgIpc) is 2.90. The van der Waals surface area contributed by atoms with Crippen molar-refractivity contribution in [3.8, 4) is 0 Å². The Kier molecular flexibility index (Phi) is 4.24. The summed E-state index contributed by atoms with van der Waals surface area (Å²) in [5.41, 5.74) is 1.26. The third-order valence-corrected chi connectivity index (χ3v) is 3.92. The zero-order valence-electron chi connectivity index (χ0n) is 11.6. The first kappa shape index (κ1) is 13.4. The highest BCUT2D eigenvalue weighted by molar-refractivity contribution is 7.15. The molecule has 2 rings (SSSR count). The molecule has 100 valence electrons. The smallest absolute Gasteiger partial charge is 0.195 e. The van der Waals surface area contributed by atoms with Crippen LogP contribution in [0.4, 0.5) is 5.82 Å². The molecule has 5 heteroatoms. The van der Waals surface area contributed by atoms with Crippen LogP contribution in [0, 0.1) is 0 Å². The quantitative estimate of drug-likeness (QED) is 0.816. The largest absolute Gasteiger partial charge is 0.356 e. The van der Waals surface area contributed by atoms with Crippen LogP contribution in [0.15, 0.2) is 11.6 Å². The van der Waals surface area contributed by atoms with E-state index in [9.17, 15) is 0 Å². The van der Waals surface area contributed by atoms with Gasteiger partial charge in [-0.25, -0.2) is 4.98 Å². The number of nitrogens with zero attached hydrogens (tertiary/aromatic N) is 3. The Hall–Kier alpha value is -1.07. The molecule has 0 aliphatic carbocycles. The molecule has 2 aromatic rings. The van der Waals surface area contributed by atoms with Gasteiger partial charge in [-0.1, -0.05) is 6.92 Å². The number of nitrogens with one attached hydrogen (secondary N) is 1. The molecule has 0 saturated heterocycles. The van der Waals surface area contributed by atoms with Gasteiger partial charge in [0.05, 0.1) is 5.69 Å². The van der Waals surface area contributed by atoms with E-state index in [1.807, 2.05) is 0 Å². The summed E-state index contributed by atoms with van der Waals surface area (Å²) < 4.78 is 2.20. The van der Waals surface area contributed by atoms with Gasteiger partial charge >= 0.3 is 0 Å². The van der Waals surface area contributed by atoms with E-state index in [4.69, 9.17) is 4.98 Å². The highest BCUT2D eigenvalue weighted by Gasteiger charge is 2.17. The molecule has 0 aromatic carbocycles. The molecular weight excluding hydrogens is 244 g/mol. The fourth-order valence-electron chi connectivity index (χ4n) is 1.90. The van der Waals surface area contributed by atoms with Crippen molar-refractivity contribution in [1.29, 1.82) is 0 Å². The molecule has 18 heavy (non-hydrogen) atoms. The fourth-order valence-corrected chi connectivity index (χ4v) is 2.62. The lowest BCUT2D eigenvalue weighted by Crippen LogP contribution is -2.28. The third-order valence-electron chi connectivity index (χ3n) is 3.17. The van der Waals surface area contributed by atoms with Gasteiger partial charge in [-0.05, 0) is 26.8 Å². The van der Waals surface area contributed by atoms with E-state index < -0.39 is 0 Å². The molecule has 2 aromatic heterocycles. The highest BCUT2D eigenvalue weighted by atomic mass is 32.1. The first-order valence-corrected chi connectivity index (χ1v) is 7.41. The molecule has 0 saturated carbocycles. The maximum absolute atomic E-state index is 4.74. The predicted octanol–water partition coefficient (Wildman–Crippen LogP) is 2.74. The lowest BCUT2D eigenvalue weighted by Gasteiger charge is -2.22. The Morgan fingerprint density at radius 1 is 1.50 bits per heavy atom. The fraction of sp³-hybridized carbons (Fsp3) is 0.615. The molecule has 0 fully saturated rings. The second-order valence-electron chi connectivity index (χ2n) is 4.82. The molecule has 0 bridgehead atoms. The van der Waals surface area contributed by atoms with Crippen molar-refractivity contribution in [2.75, 3.05) is 18.5 Å². The minimum absolute atomic E-state index is 0.458. The zero-order chi connectivity index (χ0) is 13.1. The molecule has 2 heterocycles. The molecule has 0 amide bonds. The van der Waals surface area contributed by atoms with Gasteiger partial charge in [0.15, 0.2) is 10.8 Å². The van der Waals surface area contributed by atoms with Gasteiger partial charge < -0.3 is 10.2 Å². The summed E-state index contributed by atoms with van der Waals surface area (Å²) in [6, 6.07) is 0.458. The molecule has 1 N–H and O–H groups in total. The monoisotopic (exact) mass is 266 g/mol. The molecule has 0 aliphatic heterocycles. The van der Waals surface area contributed by atoms with E-state index >= 15 is 0 Å². The van der Waals surface area contributed by atoms with E-state index in [1.165, 1.54) is 5.69 Å². The number of fused-ring (bicyclic) bond motifs is 1. The van der Waals surface area contributed by atoms with Crippen LogP contribution in [-0.4, -0.2) is 29.0 Å². The first-order chi connectivity index (χ1) is 8.65. The number of imidazole rings is 1. The molecule has 0 aliphatic rings. The lowest BCUT2D eigenvalue weighted by atomic mass is 10.3. The second kappa shape index (κ2) is 5.71. The van der Waals surface area contributed by atoms with Gasteiger partial charge in [-0.15, -0.1) is 11.3 Å². The summed E-state index contributed by atoms with van der Waals surface area (Å²) >= 11 is 1.69. The average molecular weight is 266 g/mol. The summed E-state index contributed by atoms with van der Waals surface area (Å²) in [4.78, 5) is 8.05. The van der Waals surface area contributed by atoms with Crippen molar-refractivity contribution in [3.63, 3.8) is 0 Å². The molecule has 4 nitrogen and oxygen atoms in total. The van der Waals surface area contributed by atoms with Crippen molar-refractivity contribution >= 4 is 22.1 Å². The topological polar surface area (TPSA) is 32.6 Å². The summed E-state index contributed by atoms with van der Waals surface area (Å²) in [5.74, 6) is 1.10. The van der Waals surface area contributed by atoms with E-state index in [2.05, 4.69) is 54.0 Å². The van der Waals surface area contributed by atoms with E-state index in [-0.39, 0.29) is 0 Å². The standard InChI is InChI=1S/C13H22N4S/c1-5-6-14-9-11-12(16(4)10(2)3)15-13-17(11)7-8-18-13/h7-8,10,14H,5-6,9H2,1-4H3. The Bertz CT molecular complexity index is 500. The van der Waals surface area contributed by atoms with Gasteiger partial charge in [-0.2, -0.15) is 0 Å². The van der Waals surface area contributed by atoms with Gasteiger partial charge in [0.1, 0.15) is 0 Å². The molecule has 0 radical (unpaired) electrons. The zero-order valence-corrected chi connectivity index (χ0v) is 12.4. The van der Waals surface area contributed by atoms with Crippen molar-refractivity contribution in [3.05, 3.63) is 17.3 Å². The van der Waals surface area contributed by atoms with Crippen LogP contribution in [0.25, 0.3) is 4.96 Å². The van der Waals surface area contributed by atoms with Gasteiger partial charge in [0.25, 0.3) is 0 Å². The van der Waals surface area contributed by atoms with Crippen LogP contribution in [0.3, 0.4) is 0 Å². The molecule has 0 spiro atoms. The summed E-state index contributed by atoms with van der Waals surface area (Å²) in [6.07, 6.45) is 3.26. The van der Waals surface area contributed by atoms with Crippen LogP contribution in [0.5, 0.6) is 0 Å². The Morgan fingerprint density at radius 3 is 2.94 bits per heavy atom. The van der Waals surface area contributed by atoms with E-state index in [0.29, 0.717) is 6.04 Å². The highest BCUT2D eigenvalue weighted by Crippen LogP contribution is 2.25. The van der Waals surface area contributed by atoms with Crippen molar-refractivity contribution in [2.45, 2.75) is 39.8 Å². The van der Waals surface area contributed by atoms with E-state index in [0.717, 1.165) is 30.3 Å². The number of hydrogen-bond donors (Lipinski definition) is 1. The van der Waals surface area contributed by atoms with Crippen LogP contribution in [-0.2, 0) is 6.54 Å².